The molecule has 1 aromatic rings. The Morgan fingerprint density at radius 2 is 1.68 bits per heavy atom. The Hall–Kier alpha value is -1.51. The third-order valence-corrected chi connectivity index (χ3v) is 2.99. The highest BCUT2D eigenvalue weighted by molar-refractivity contribution is 5.78. The smallest absolute Gasteiger partial charge is 0.188 e. The van der Waals surface area contributed by atoms with Gasteiger partial charge in [0.15, 0.2) is 5.96 Å². The van der Waals surface area contributed by atoms with Crippen LogP contribution in [-0.4, -0.2) is 18.0 Å². The fourth-order valence-corrected chi connectivity index (χ4v) is 2.32. The van der Waals surface area contributed by atoms with Crippen LogP contribution >= 0.6 is 0 Å². The third kappa shape index (κ3) is 5.33. The summed E-state index contributed by atoms with van der Waals surface area (Å²) in [6, 6.07) is 4.45. The predicted octanol–water partition coefficient (Wildman–Crippen LogP) is 2.86. The van der Waals surface area contributed by atoms with E-state index in [1.54, 1.807) is 0 Å². The lowest BCUT2D eigenvalue weighted by Gasteiger charge is -2.21. The second kappa shape index (κ2) is 6.09. The van der Waals surface area contributed by atoms with E-state index in [-0.39, 0.29) is 5.54 Å². The average molecular weight is 261 g/mol. The van der Waals surface area contributed by atoms with Crippen LogP contribution in [0.3, 0.4) is 0 Å². The maximum Gasteiger partial charge on any atom is 0.188 e. The molecule has 0 unspecified atom stereocenters. The van der Waals surface area contributed by atoms with Crippen molar-refractivity contribution in [3.63, 3.8) is 0 Å². The predicted molar refractivity (Wildman–Crippen MR) is 83.7 cm³/mol. The van der Waals surface area contributed by atoms with Gasteiger partial charge in [0, 0.05) is 12.1 Å². The van der Waals surface area contributed by atoms with Crippen LogP contribution in [0, 0.1) is 20.8 Å². The molecule has 106 valence electrons. The fraction of sp³-hybridized carbons (Fsp3) is 0.562. The maximum absolute atomic E-state index is 5.86. The van der Waals surface area contributed by atoms with E-state index in [9.17, 15) is 0 Å². The number of aryl methyl sites for hydroxylation is 3. The van der Waals surface area contributed by atoms with Crippen LogP contribution in [0.25, 0.3) is 0 Å². The molecule has 1 rings (SSSR count). The second-order valence-corrected chi connectivity index (χ2v) is 6.27. The summed E-state index contributed by atoms with van der Waals surface area (Å²) < 4.78 is 0. The first-order valence-electron chi connectivity index (χ1n) is 6.84. The molecule has 0 saturated carbocycles. The molecule has 0 spiro atoms. The highest BCUT2D eigenvalue weighted by atomic mass is 15.1. The zero-order valence-electron chi connectivity index (χ0n) is 13.1. The van der Waals surface area contributed by atoms with Gasteiger partial charge in [0.1, 0.15) is 0 Å². The van der Waals surface area contributed by atoms with Gasteiger partial charge in [0.25, 0.3) is 0 Å². The molecular weight excluding hydrogens is 234 g/mol. The minimum absolute atomic E-state index is 0.0384. The van der Waals surface area contributed by atoms with Crippen molar-refractivity contribution >= 4 is 5.96 Å². The number of guanidine groups is 1. The topological polar surface area (TPSA) is 50.4 Å². The van der Waals surface area contributed by atoms with Crippen molar-refractivity contribution in [1.82, 2.24) is 5.32 Å². The van der Waals surface area contributed by atoms with Crippen molar-refractivity contribution < 1.29 is 0 Å². The summed E-state index contributed by atoms with van der Waals surface area (Å²) in [7, 11) is 0. The van der Waals surface area contributed by atoms with Crippen LogP contribution in [0.1, 0.15) is 43.0 Å². The third-order valence-electron chi connectivity index (χ3n) is 2.99. The number of nitrogens with one attached hydrogen (secondary N) is 1. The van der Waals surface area contributed by atoms with E-state index in [4.69, 9.17) is 5.73 Å². The highest BCUT2D eigenvalue weighted by Crippen LogP contribution is 2.16. The largest absolute Gasteiger partial charge is 0.370 e. The Bertz CT molecular complexity index is 444. The van der Waals surface area contributed by atoms with Crippen LogP contribution in [0.4, 0.5) is 0 Å². The summed E-state index contributed by atoms with van der Waals surface area (Å²) in [5.74, 6) is 0.523. The van der Waals surface area contributed by atoms with Crippen molar-refractivity contribution in [2.24, 2.45) is 10.7 Å². The van der Waals surface area contributed by atoms with Gasteiger partial charge < -0.3 is 11.1 Å². The molecule has 0 saturated heterocycles. The SMILES string of the molecule is Cc1cc(C)c(CCN=C(N)NC(C)(C)C)c(C)c1. The van der Waals surface area contributed by atoms with E-state index >= 15 is 0 Å². The van der Waals surface area contributed by atoms with E-state index in [1.807, 2.05) is 0 Å². The first-order chi connectivity index (χ1) is 8.69. The van der Waals surface area contributed by atoms with Crippen LogP contribution in [0.2, 0.25) is 0 Å². The molecule has 0 heterocycles. The van der Waals surface area contributed by atoms with Crippen molar-refractivity contribution in [3.05, 3.63) is 34.4 Å². The Balaban J connectivity index is 2.66. The van der Waals surface area contributed by atoms with Crippen molar-refractivity contribution in [2.75, 3.05) is 6.54 Å². The normalized spacial score (nSPS) is 12.6. The fourth-order valence-electron chi connectivity index (χ4n) is 2.32. The summed E-state index contributed by atoms with van der Waals surface area (Å²) in [5, 5.41) is 3.17. The number of rotatable bonds is 3. The van der Waals surface area contributed by atoms with Gasteiger partial charge in [0.2, 0.25) is 0 Å². The van der Waals surface area contributed by atoms with Crippen LogP contribution in [-0.2, 0) is 6.42 Å². The lowest BCUT2D eigenvalue weighted by Crippen LogP contribution is -2.45. The monoisotopic (exact) mass is 261 g/mol. The molecule has 3 N–H and O–H groups in total. The molecule has 0 atom stereocenters. The summed E-state index contributed by atoms with van der Waals surface area (Å²) >= 11 is 0. The molecule has 0 aliphatic heterocycles. The standard InChI is InChI=1S/C16H27N3/c1-11-9-12(2)14(13(3)10-11)7-8-18-15(17)19-16(4,5)6/h9-10H,7-8H2,1-6H3,(H3,17,18,19). The Morgan fingerprint density at radius 1 is 1.16 bits per heavy atom. The molecule has 0 aromatic heterocycles. The molecule has 0 bridgehead atoms. The molecule has 0 radical (unpaired) electrons. The summed E-state index contributed by atoms with van der Waals surface area (Å²) in [5.41, 5.74) is 11.2. The van der Waals surface area contributed by atoms with Crippen LogP contribution in [0.5, 0.6) is 0 Å². The van der Waals surface area contributed by atoms with Crippen LogP contribution < -0.4 is 11.1 Å². The Labute approximate surface area is 117 Å². The zero-order valence-corrected chi connectivity index (χ0v) is 13.1. The van der Waals surface area contributed by atoms with Crippen molar-refractivity contribution in [1.29, 1.82) is 0 Å². The minimum Gasteiger partial charge on any atom is -0.370 e. The Morgan fingerprint density at radius 3 is 2.16 bits per heavy atom. The first-order valence-corrected chi connectivity index (χ1v) is 6.84. The van der Waals surface area contributed by atoms with Crippen LogP contribution in [0.15, 0.2) is 17.1 Å². The maximum atomic E-state index is 5.86. The molecule has 1 aromatic carbocycles. The van der Waals surface area contributed by atoms with Gasteiger partial charge in [0.05, 0.1) is 0 Å². The average Bonchev–Trinajstić information content (AvgIpc) is 2.19. The molecule has 3 nitrogen and oxygen atoms in total. The summed E-state index contributed by atoms with van der Waals surface area (Å²) in [6.45, 7) is 13.4. The number of aliphatic imine (C=N–C) groups is 1. The lowest BCUT2D eigenvalue weighted by molar-refractivity contribution is 0.508. The van der Waals surface area contributed by atoms with Gasteiger partial charge >= 0.3 is 0 Å². The zero-order chi connectivity index (χ0) is 14.6. The molecule has 3 heteroatoms. The van der Waals surface area contributed by atoms with E-state index in [0.717, 1.165) is 13.0 Å². The van der Waals surface area contributed by atoms with Gasteiger partial charge in [-0.05, 0) is 64.7 Å². The number of benzene rings is 1. The number of hydrogen-bond acceptors (Lipinski definition) is 1. The number of hydrogen-bond donors (Lipinski definition) is 2. The summed E-state index contributed by atoms with van der Waals surface area (Å²) in [6.07, 6.45) is 0.935. The molecule has 0 fully saturated rings. The minimum atomic E-state index is -0.0384. The van der Waals surface area contributed by atoms with Gasteiger partial charge in [-0.3, -0.25) is 4.99 Å². The number of nitrogens with zero attached hydrogens (tertiary/aromatic N) is 1. The summed E-state index contributed by atoms with van der Waals surface area (Å²) in [4.78, 5) is 4.39. The van der Waals surface area contributed by atoms with E-state index in [0.29, 0.717) is 5.96 Å². The Kier molecular flexibility index (Phi) is 4.98. The lowest BCUT2D eigenvalue weighted by atomic mass is 9.97. The van der Waals surface area contributed by atoms with E-state index in [1.165, 1.54) is 22.3 Å². The molecule has 0 aliphatic carbocycles. The highest BCUT2D eigenvalue weighted by Gasteiger charge is 2.09. The molecule has 19 heavy (non-hydrogen) atoms. The molecular formula is C16H27N3. The van der Waals surface area contributed by atoms with Gasteiger partial charge in [-0.25, -0.2) is 0 Å². The van der Waals surface area contributed by atoms with Gasteiger partial charge in [-0.2, -0.15) is 0 Å². The molecule has 0 amide bonds. The molecule has 0 aliphatic rings. The van der Waals surface area contributed by atoms with Crippen molar-refractivity contribution in [3.8, 4) is 0 Å². The van der Waals surface area contributed by atoms with E-state index < -0.39 is 0 Å². The number of nitrogens with two attached hydrogens (primary N) is 1. The first kappa shape index (κ1) is 15.5. The quantitative estimate of drug-likeness (QED) is 0.649. The van der Waals surface area contributed by atoms with Crippen molar-refractivity contribution in [2.45, 2.75) is 53.5 Å². The second-order valence-electron chi connectivity index (χ2n) is 6.27. The van der Waals surface area contributed by atoms with E-state index in [2.05, 4.69) is 64.0 Å². The van der Waals surface area contributed by atoms with Gasteiger partial charge in [-0.15, -0.1) is 0 Å². The van der Waals surface area contributed by atoms with Gasteiger partial charge in [-0.1, -0.05) is 17.7 Å².